The molecule has 6 nitrogen and oxygen atoms in total. The van der Waals surface area contributed by atoms with Crippen molar-refractivity contribution in [1.29, 1.82) is 0 Å². The number of carbonyl (C=O) groups excluding carboxylic acids is 1. The third-order valence-corrected chi connectivity index (χ3v) is 3.61. The molecule has 0 unspecified atom stereocenters. The summed E-state index contributed by atoms with van der Waals surface area (Å²) in [6.07, 6.45) is 5.74. The van der Waals surface area contributed by atoms with Crippen molar-refractivity contribution in [2.45, 2.75) is 65.0 Å². The first-order valence-electron chi connectivity index (χ1n) is 7.62. The Kier molecular flexibility index (Phi) is 6.91. The maximum Gasteiger partial charge on any atom is 0.326 e. The molecule has 0 fully saturated rings. The number of hydrogen-bond donors (Lipinski definition) is 2. The Bertz CT molecular complexity index is 466. The first-order chi connectivity index (χ1) is 10.0. The minimum Gasteiger partial charge on any atom is -0.480 e. The highest BCUT2D eigenvalue weighted by molar-refractivity contribution is 5.94. The topological polar surface area (TPSA) is 84.2 Å². The standard InChI is InChI=1S/C15H25N3O3/c1-4-7-8-13(15(20)21)16-14(19)12-9-10-18(17-12)11(5-2)6-3/h9-11,13H,4-8H2,1-3H3,(H,16,19)(H,20,21)/t13-/m0/s1. The minimum atomic E-state index is -1.00. The van der Waals surface area contributed by atoms with Gasteiger partial charge in [-0.25, -0.2) is 4.79 Å². The number of carbonyl (C=O) groups is 2. The predicted molar refractivity (Wildman–Crippen MR) is 80.3 cm³/mol. The fourth-order valence-electron chi connectivity index (χ4n) is 2.22. The van der Waals surface area contributed by atoms with E-state index in [1.165, 1.54) is 0 Å². The van der Waals surface area contributed by atoms with E-state index in [4.69, 9.17) is 5.11 Å². The molecule has 0 radical (unpaired) electrons. The van der Waals surface area contributed by atoms with E-state index in [-0.39, 0.29) is 11.7 Å². The third-order valence-electron chi connectivity index (χ3n) is 3.61. The molecule has 1 heterocycles. The largest absolute Gasteiger partial charge is 0.480 e. The smallest absolute Gasteiger partial charge is 0.326 e. The zero-order chi connectivity index (χ0) is 15.8. The summed E-state index contributed by atoms with van der Waals surface area (Å²) < 4.78 is 1.77. The molecule has 1 aromatic heterocycles. The molecule has 0 bridgehead atoms. The molecule has 0 saturated heterocycles. The normalized spacial score (nSPS) is 12.4. The van der Waals surface area contributed by atoms with Gasteiger partial charge in [-0.3, -0.25) is 9.48 Å². The van der Waals surface area contributed by atoms with E-state index in [2.05, 4.69) is 24.3 Å². The summed E-state index contributed by atoms with van der Waals surface area (Å²) in [7, 11) is 0. The lowest BCUT2D eigenvalue weighted by atomic mass is 10.1. The summed E-state index contributed by atoms with van der Waals surface area (Å²) in [5.41, 5.74) is 0.268. The number of nitrogens with zero attached hydrogens (tertiary/aromatic N) is 2. The van der Waals surface area contributed by atoms with E-state index in [0.29, 0.717) is 6.42 Å². The van der Waals surface area contributed by atoms with E-state index in [9.17, 15) is 9.59 Å². The highest BCUT2D eigenvalue weighted by atomic mass is 16.4. The van der Waals surface area contributed by atoms with Crippen molar-refractivity contribution in [1.82, 2.24) is 15.1 Å². The highest BCUT2D eigenvalue weighted by Gasteiger charge is 2.21. The molecule has 0 aliphatic heterocycles. The minimum absolute atomic E-state index is 0.266. The third kappa shape index (κ3) is 4.88. The first kappa shape index (κ1) is 17.2. The number of carboxylic acids is 1. The lowest BCUT2D eigenvalue weighted by Gasteiger charge is -2.14. The molecule has 118 valence electrons. The van der Waals surface area contributed by atoms with E-state index in [0.717, 1.165) is 25.7 Å². The quantitative estimate of drug-likeness (QED) is 0.733. The zero-order valence-electron chi connectivity index (χ0n) is 13.0. The number of hydrogen-bond acceptors (Lipinski definition) is 3. The molecule has 1 atom stereocenters. The molecule has 1 aromatic rings. The molecular formula is C15H25N3O3. The summed E-state index contributed by atoms with van der Waals surface area (Å²) >= 11 is 0. The maximum absolute atomic E-state index is 12.1. The Morgan fingerprint density at radius 1 is 1.33 bits per heavy atom. The number of unbranched alkanes of at least 4 members (excludes halogenated alkanes) is 1. The highest BCUT2D eigenvalue weighted by Crippen LogP contribution is 2.14. The molecular weight excluding hydrogens is 270 g/mol. The first-order valence-corrected chi connectivity index (χ1v) is 7.62. The second kappa shape index (κ2) is 8.44. The van der Waals surface area contributed by atoms with Crippen LogP contribution in [-0.4, -0.2) is 32.8 Å². The lowest BCUT2D eigenvalue weighted by Crippen LogP contribution is -2.41. The predicted octanol–water partition coefficient (Wildman–Crippen LogP) is 2.62. The van der Waals surface area contributed by atoms with Crippen molar-refractivity contribution in [3.8, 4) is 0 Å². The Balaban J connectivity index is 2.72. The number of carboxylic acid groups (broad SMARTS) is 1. The molecule has 0 aliphatic carbocycles. The number of aromatic nitrogens is 2. The summed E-state index contributed by atoms with van der Waals surface area (Å²) in [5, 5.41) is 15.9. The number of aliphatic carboxylic acids is 1. The van der Waals surface area contributed by atoms with Crippen molar-refractivity contribution in [2.75, 3.05) is 0 Å². The van der Waals surface area contributed by atoms with Crippen molar-refractivity contribution in [3.63, 3.8) is 0 Å². The van der Waals surface area contributed by atoms with Crippen LogP contribution in [0.1, 0.15) is 69.4 Å². The van der Waals surface area contributed by atoms with Gasteiger partial charge >= 0.3 is 5.97 Å². The molecule has 21 heavy (non-hydrogen) atoms. The van der Waals surface area contributed by atoms with Gasteiger partial charge in [-0.05, 0) is 25.3 Å². The summed E-state index contributed by atoms with van der Waals surface area (Å²) in [4.78, 5) is 23.2. The molecule has 0 saturated carbocycles. The average Bonchev–Trinajstić information content (AvgIpc) is 2.94. The molecule has 0 aliphatic rings. The van der Waals surface area contributed by atoms with Crippen LogP contribution < -0.4 is 5.32 Å². The van der Waals surface area contributed by atoms with Crippen LogP contribution in [0.15, 0.2) is 12.3 Å². The number of rotatable bonds is 9. The Labute approximate surface area is 125 Å². The molecule has 2 N–H and O–H groups in total. The van der Waals surface area contributed by atoms with E-state index >= 15 is 0 Å². The van der Waals surface area contributed by atoms with Crippen LogP contribution in [0, 0.1) is 0 Å². The van der Waals surface area contributed by atoms with Crippen LogP contribution in [0.4, 0.5) is 0 Å². The van der Waals surface area contributed by atoms with Crippen LogP contribution in [0.25, 0.3) is 0 Å². The van der Waals surface area contributed by atoms with Gasteiger partial charge in [0.2, 0.25) is 0 Å². The van der Waals surface area contributed by atoms with Gasteiger partial charge in [-0.1, -0.05) is 33.6 Å². The maximum atomic E-state index is 12.1. The van der Waals surface area contributed by atoms with Crippen LogP contribution in [0.3, 0.4) is 0 Å². The molecule has 0 spiro atoms. The van der Waals surface area contributed by atoms with Gasteiger partial charge in [0.15, 0.2) is 0 Å². The fraction of sp³-hybridized carbons (Fsp3) is 0.667. The molecule has 1 amide bonds. The molecule has 1 rings (SSSR count). The van der Waals surface area contributed by atoms with Gasteiger partial charge in [0.1, 0.15) is 11.7 Å². The van der Waals surface area contributed by atoms with Gasteiger partial charge in [0.05, 0.1) is 6.04 Å². The summed E-state index contributed by atoms with van der Waals surface area (Å²) in [6, 6.07) is 1.05. The number of nitrogens with one attached hydrogen (secondary N) is 1. The van der Waals surface area contributed by atoms with Gasteiger partial charge in [-0.2, -0.15) is 5.10 Å². The van der Waals surface area contributed by atoms with E-state index in [1.54, 1.807) is 16.9 Å². The second-order valence-electron chi connectivity index (χ2n) is 5.16. The SMILES string of the molecule is CCCC[C@H](NC(=O)c1ccn(C(CC)CC)n1)C(=O)O. The van der Waals surface area contributed by atoms with Gasteiger partial charge in [0.25, 0.3) is 5.91 Å². The van der Waals surface area contributed by atoms with Crippen molar-refractivity contribution in [2.24, 2.45) is 0 Å². The Morgan fingerprint density at radius 2 is 2.00 bits per heavy atom. The van der Waals surface area contributed by atoms with Crippen molar-refractivity contribution < 1.29 is 14.7 Å². The van der Waals surface area contributed by atoms with Gasteiger partial charge < -0.3 is 10.4 Å². The zero-order valence-corrected chi connectivity index (χ0v) is 13.0. The van der Waals surface area contributed by atoms with Gasteiger partial charge in [-0.15, -0.1) is 0 Å². The van der Waals surface area contributed by atoms with Gasteiger partial charge in [0, 0.05) is 6.20 Å². The summed E-state index contributed by atoms with van der Waals surface area (Å²) in [6.45, 7) is 6.12. The monoisotopic (exact) mass is 295 g/mol. The number of amides is 1. The van der Waals surface area contributed by atoms with Crippen molar-refractivity contribution >= 4 is 11.9 Å². The van der Waals surface area contributed by atoms with Crippen LogP contribution in [0.2, 0.25) is 0 Å². The Hall–Kier alpha value is -1.85. The van der Waals surface area contributed by atoms with E-state index in [1.807, 2.05) is 6.92 Å². The summed E-state index contributed by atoms with van der Waals surface area (Å²) in [5.74, 6) is -1.43. The van der Waals surface area contributed by atoms with Crippen LogP contribution >= 0.6 is 0 Å². The van der Waals surface area contributed by atoms with Crippen LogP contribution in [0.5, 0.6) is 0 Å². The van der Waals surface area contributed by atoms with E-state index < -0.39 is 17.9 Å². The second-order valence-corrected chi connectivity index (χ2v) is 5.16. The molecule has 0 aromatic carbocycles. The fourth-order valence-corrected chi connectivity index (χ4v) is 2.22. The average molecular weight is 295 g/mol. The van der Waals surface area contributed by atoms with Crippen LogP contribution in [-0.2, 0) is 4.79 Å². The lowest BCUT2D eigenvalue weighted by molar-refractivity contribution is -0.139. The Morgan fingerprint density at radius 3 is 2.52 bits per heavy atom. The van der Waals surface area contributed by atoms with Crippen molar-refractivity contribution in [3.05, 3.63) is 18.0 Å². The molecule has 6 heteroatoms.